The molecule has 0 amide bonds. The third kappa shape index (κ3) is 35.7. The van der Waals surface area contributed by atoms with Gasteiger partial charge in [0.05, 0.1) is 0 Å². The van der Waals surface area contributed by atoms with E-state index in [9.17, 15) is 0 Å². The van der Waals surface area contributed by atoms with E-state index in [1.807, 2.05) is 0 Å². The van der Waals surface area contributed by atoms with Crippen LogP contribution in [0.1, 0.15) is 566 Å². The van der Waals surface area contributed by atoms with E-state index in [1.54, 1.807) is 270 Å². The molecule has 21 saturated carbocycles. The summed E-state index contributed by atoms with van der Waals surface area (Å²) in [4.78, 5) is 0. The average molecular weight is 1830 g/mol. The van der Waals surface area contributed by atoms with Crippen molar-refractivity contribution in [2.75, 3.05) is 0 Å². The van der Waals surface area contributed by atoms with Crippen molar-refractivity contribution >= 4 is 0 Å². The first-order valence-electron chi connectivity index (χ1n) is 62.9. The quantitative estimate of drug-likeness (QED) is 0.153. The molecule has 21 rings (SSSR count). The van der Waals surface area contributed by atoms with Crippen LogP contribution in [0.3, 0.4) is 0 Å². The molecule has 0 aromatic carbocycles. The van der Waals surface area contributed by atoms with E-state index in [1.165, 1.54) is 109 Å². The number of hydrogen-bond donors (Lipinski definition) is 0. The second-order valence-electron chi connectivity index (χ2n) is 59.5. The summed E-state index contributed by atoms with van der Waals surface area (Å²) in [6.07, 6.45) is 90.7. The molecule has 0 aliphatic heterocycles. The van der Waals surface area contributed by atoms with Crippen molar-refractivity contribution in [2.24, 2.45) is 272 Å². The fourth-order valence-corrected chi connectivity index (χ4v) is 36.8. The molecule has 0 heterocycles. The zero-order valence-electron chi connectivity index (χ0n) is 95.2. The molecule has 21 fully saturated rings. The molecule has 0 spiro atoms. The molecular formula is C132H244. The molecule has 0 N–H and O–H groups in total. The largest absolute Gasteiger partial charge is 0.0651 e. The first kappa shape index (κ1) is 112. The van der Waals surface area contributed by atoms with Crippen LogP contribution in [0.4, 0.5) is 0 Å². The lowest BCUT2D eigenvalue weighted by atomic mass is 9.45. The summed E-state index contributed by atoms with van der Waals surface area (Å²) in [5, 5.41) is 0. The van der Waals surface area contributed by atoms with E-state index in [-0.39, 0.29) is 0 Å². The average Bonchev–Trinajstić information content (AvgIpc) is 0.757. The Kier molecular flexibility index (Phi) is 47.1. The van der Waals surface area contributed by atoms with E-state index >= 15 is 0 Å². The molecule has 132 heavy (non-hydrogen) atoms. The molecule has 0 radical (unpaired) electrons. The highest BCUT2D eigenvalue weighted by molar-refractivity contribution is 5.04. The van der Waals surface area contributed by atoms with Gasteiger partial charge in [-0.2, -0.15) is 0 Å². The van der Waals surface area contributed by atoms with Crippen molar-refractivity contribution in [3.05, 3.63) is 0 Å². The Balaban J connectivity index is 0.000000141. The standard InChI is InChI=1S/4C14H26.4C13H24.2C12H22/c1-10(2)5-6-11-7-8-12-9-13(11)14(12,3)4;3*1-4-11-5-12-7-13(6-11)9-14(8-12)10(2)3;2*1-9(2)13-7-11-4-10(3)5-12(6-11)8-13;2*1-10(2)13-8-11-5-3-4-6-12(7-11)9-13;2*1-9(2)12-7-10-4-3-5-11(6-10)8-12/h10-13H,5-9H2,1-4H3;3*10-14H,4-9H2,1-3H3;2*9-13H,4-8H2,1-3H3;2*10-13H,3-9H2,1-2H3;2*9-12H,3-8H2,1-2H3/t11-,12-,13-;3*11?,12-,13+,14?;2*10?,11-,12+,13?;2*11-,12+,13?;2*10-,11+,12?/m0........./s1. The molecule has 35 atom stereocenters. The molecule has 0 aromatic rings. The van der Waals surface area contributed by atoms with E-state index in [0.29, 0.717) is 5.41 Å². The van der Waals surface area contributed by atoms with Gasteiger partial charge in [-0.1, -0.05) is 303 Å². The van der Waals surface area contributed by atoms with Crippen molar-refractivity contribution in [3.63, 3.8) is 0 Å². The van der Waals surface area contributed by atoms with Gasteiger partial charge in [0.15, 0.2) is 0 Å². The summed E-state index contributed by atoms with van der Waals surface area (Å²) in [6, 6.07) is 0. The summed E-state index contributed by atoms with van der Waals surface area (Å²) >= 11 is 0. The Morgan fingerprint density at radius 3 is 0.553 bits per heavy atom. The van der Waals surface area contributed by atoms with E-state index in [2.05, 4.69) is 187 Å². The molecule has 21 aliphatic rings. The van der Waals surface area contributed by atoms with Crippen LogP contribution in [0.2, 0.25) is 0 Å². The van der Waals surface area contributed by atoms with Gasteiger partial charge in [0.1, 0.15) is 0 Å². The molecule has 21 aliphatic carbocycles. The maximum Gasteiger partial charge on any atom is -0.0295 e. The summed E-state index contributed by atoms with van der Waals surface area (Å²) in [7, 11) is 0. The van der Waals surface area contributed by atoms with Crippen molar-refractivity contribution in [1.82, 2.24) is 0 Å². The highest BCUT2D eigenvalue weighted by Crippen LogP contribution is 2.63. The minimum Gasteiger partial charge on any atom is -0.0651 e. The van der Waals surface area contributed by atoms with Gasteiger partial charge < -0.3 is 0 Å². The third-order valence-electron chi connectivity index (χ3n) is 45.1. The SMILES string of the molecule is CC(C)C1C[C@H]2CCCC[C@@H](C1)C2.CC(C)C1C[C@H]2CCCC[C@@H](C1)C2.CC(C)C1C[C@H]2CCC[C@@H](C1)C2.CC(C)C1C[C@H]2CCC[C@@H](C1)C2.CC(C)CC[C@H]1CC[C@H]2C[C@@H]1C2(C)C.CC1C[C@@H]2CC(C(C)C)C[C@H](C1)C2.CC1C[C@@H]2CC(C(C)C)C[C@H](C1)C2.CCC1C[C@@H]2CC(C(C)C)C[C@H](C1)C2.CCC1C[C@@H]2CC(C(C)C)C[C@H](C1)C2.CCC1C[C@@H]2CC(C(C)C)C[C@H](C1)C2. The minimum absolute atomic E-state index is 0.694. The minimum atomic E-state index is 0.694. The highest BCUT2D eigenvalue weighted by atomic mass is 14.6. The zero-order valence-corrected chi connectivity index (χ0v) is 95.2. The van der Waals surface area contributed by atoms with Gasteiger partial charge in [-0.3, -0.25) is 0 Å². The molecule has 0 nitrogen and oxygen atoms in total. The number of fused-ring (bicyclic) bond motifs is 20. The molecule has 772 valence electrons. The normalized spacial score (nSPS) is 42.3. The van der Waals surface area contributed by atoms with Crippen molar-refractivity contribution in [3.8, 4) is 0 Å². The number of hydrogen-bond acceptors (Lipinski definition) is 0. The first-order valence-corrected chi connectivity index (χ1v) is 62.9. The molecule has 20 bridgehead atoms. The van der Waals surface area contributed by atoms with Gasteiger partial charge >= 0.3 is 0 Å². The maximum absolute atomic E-state index is 2.51. The van der Waals surface area contributed by atoms with Gasteiger partial charge in [-0.05, 0) is 535 Å². The summed E-state index contributed by atoms with van der Waals surface area (Å²) in [5.41, 5.74) is 0.694. The molecule has 14 unspecified atom stereocenters. The van der Waals surface area contributed by atoms with E-state index < -0.39 is 0 Å². The molecular weight excluding hydrogens is 1590 g/mol. The molecule has 0 aromatic heterocycles. The van der Waals surface area contributed by atoms with Crippen LogP contribution in [0.25, 0.3) is 0 Å². The smallest absolute Gasteiger partial charge is 0.0295 e. The Hall–Kier alpha value is 0. The van der Waals surface area contributed by atoms with Crippen LogP contribution < -0.4 is 0 Å². The predicted molar refractivity (Wildman–Crippen MR) is 585 cm³/mol. The van der Waals surface area contributed by atoms with E-state index in [0.717, 1.165) is 266 Å². The van der Waals surface area contributed by atoms with Gasteiger partial charge in [-0.25, -0.2) is 0 Å². The fourth-order valence-electron chi connectivity index (χ4n) is 36.8. The second kappa shape index (κ2) is 55.3. The van der Waals surface area contributed by atoms with Crippen LogP contribution in [-0.2, 0) is 0 Å². The fraction of sp³-hybridized carbons (Fsp3) is 1.00. The van der Waals surface area contributed by atoms with Crippen molar-refractivity contribution in [2.45, 2.75) is 566 Å². The van der Waals surface area contributed by atoms with Crippen molar-refractivity contribution in [1.29, 1.82) is 0 Å². The Bertz CT molecular complexity index is 2690. The molecule has 0 heteroatoms. The summed E-state index contributed by atoms with van der Waals surface area (Å²) in [6.45, 7) is 65.3. The summed E-state index contributed by atoms with van der Waals surface area (Å²) < 4.78 is 0. The van der Waals surface area contributed by atoms with Gasteiger partial charge in [0.2, 0.25) is 0 Å². The van der Waals surface area contributed by atoms with Crippen LogP contribution in [0.15, 0.2) is 0 Å². The van der Waals surface area contributed by atoms with Crippen LogP contribution in [0.5, 0.6) is 0 Å². The third-order valence-corrected chi connectivity index (χ3v) is 45.1. The Morgan fingerprint density at radius 2 is 0.379 bits per heavy atom. The van der Waals surface area contributed by atoms with Gasteiger partial charge in [-0.15, -0.1) is 0 Å². The first-order chi connectivity index (χ1) is 62.9. The predicted octanol–water partition coefficient (Wildman–Crippen LogP) is 42.4. The zero-order chi connectivity index (χ0) is 95.2. The van der Waals surface area contributed by atoms with Crippen molar-refractivity contribution < 1.29 is 0 Å². The van der Waals surface area contributed by atoms with Gasteiger partial charge in [0.25, 0.3) is 0 Å². The lowest BCUT2D eigenvalue weighted by molar-refractivity contribution is -0.107. The maximum atomic E-state index is 2.51. The topological polar surface area (TPSA) is 0 Å². The number of rotatable bonds is 15. The molecule has 0 saturated heterocycles. The van der Waals surface area contributed by atoms with Crippen LogP contribution in [0, 0.1) is 272 Å². The second-order valence-corrected chi connectivity index (χ2v) is 59.5. The van der Waals surface area contributed by atoms with E-state index in [4.69, 9.17) is 0 Å². The Morgan fingerprint density at radius 1 is 0.197 bits per heavy atom. The monoisotopic (exact) mass is 1830 g/mol. The highest BCUT2D eigenvalue weighted by Gasteiger charge is 2.54. The Labute approximate surface area is 831 Å². The van der Waals surface area contributed by atoms with Crippen LogP contribution in [-0.4, -0.2) is 0 Å². The lowest BCUT2D eigenvalue weighted by Crippen LogP contribution is -2.52. The lowest BCUT2D eigenvalue weighted by Gasteiger charge is -2.60. The summed E-state index contributed by atoms with van der Waals surface area (Å²) in [5.74, 6) is 47.1. The van der Waals surface area contributed by atoms with Crippen LogP contribution >= 0.6 is 0 Å². The van der Waals surface area contributed by atoms with Gasteiger partial charge in [0, 0.05) is 0 Å².